The SMILES string of the molecule is C[C@H]1CC(=O)Nc2nccc(-c3ccc(C(=O)NC(CN)Cc4cccc(F)c4)s3)c21. The molecule has 0 radical (unpaired) electrons. The number of thiophene rings is 1. The third kappa shape index (κ3) is 4.65. The highest BCUT2D eigenvalue weighted by molar-refractivity contribution is 7.17. The zero-order valence-electron chi connectivity index (χ0n) is 17.0. The number of rotatable bonds is 6. The molecular formula is C23H23FN4O2S. The van der Waals surface area contributed by atoms with Crippen LogP contribution in [0.15, 0.2) is 48.7 Å². The molecule has 1 aromatic carbocycles. The van der Waals surface area contributed by atoms with Crippen LogP contribution in [0.1, 0.15) is 40.1 Å². The van der Waals surface area contributed by atoms with Crippen LogP contribution in [-0.2, 0) is 11.2 Å². The van der Waals surface area contributed by atoms with Gasteiger partial charge in [0.1, 0.15) is 11.6 Å². The van der Waals surface area contributed by atoms with E-state index in [-0.39, 0.29) is 36.1 Å². The van der Waals surface area contributed by atoms with Crippen molar-refractivity contribution in [3.8, 4) is 10.4 Å². The summed E-state index contributed by atoms with van der Waals surface area (Å²) in [5.41, 5.74) is 8.57. The fourth-order valence-electron chi connectivity index (χ4n) is 3.85. The second-order valence-electron chi connectivity index (χ2n) is 7.68. The first-order valence-corrected chi connectivity index (χ1v) is 10.9. The summed E-state index contributed by atoms with van der Waals surface area (Å²) in [6, 6.07) is 11.6. The van der Waals surface area contributed by atoms with Gasteiger partial charge in [-0.3, -0.25) is 9.59 Å². The van der Waals surface area contributed by atoms with E-state index in [1.807, 2.05) is 25.1 Å². The third-order valence-electron chi connectivity index (χ3n) is 5.32. The van der Waals surface area contributed by atoms with E-state index in [0.29, 0.717) is 23.5 Å². The van der Waals surface area contributed by atoms with Crippen molar-refractivity contribution in [1.29, 1.82) is 0 Å². The Labute approximate surface area is 183 Å². The van der Waals surface area contributed by atoms with Crippen molar-refractivity contribution in [2.24, 2.45) is 5.73 Å². The molecule has 0 spiro atoms. The minimum atomic E-state index is -0.311. The smallest absolute Gasteiger partial charge is 0.261 e. The Morgan fingerprint density at radius 1 is 1.35 bits per heavy atom. The topological polar surface area (TPSA) is 97.1 Å². The maximum absolute atomic E-state index is 13.4. The van der Waals surface area contributed by atoms with E-state index in [0.717, 1.165) is 21.6 Å². The van der Waals surface area contributed by atoms with Crippen LogP contribution in [0, 0.1) is 5.82 Å². The molecule has 3 heterocycles. The molecule has 3 aromatic rings. The van der Waals surface area contributed by atoms with Crippen LogP contribution in [0.25, 0.3) is 10.4 Å². The number of benzene rings is 1. The lowest BCUT2D eigenvalue weighted by Gasteiger charge is -2.23. The van der Waals surface area contributed by atoms with Gasteiger partial charge >= 0.3 is 0 Å². The third-order valence-corrected chi connectivity index (χ3v) is 6.44. The molecule has 2 amide bonds. The largest absolute Gasteiger partial charge is 0.347 e. The molecule has 0 aliphatic carbocycles. The number of carbonyl (C=O) groups is 2. The highest BCUT2D eigenvalue weighted by Gasteiger charge is 2.26. The lowest BCUT2D eigenvalue weighted by atomic mass is 9.90. The Kier molecular flexibility index (Phi) is 6.11. The number of nitrogens with two attached hydrogens (primary N) is 1. The summed E-state index contributed by atoms with van der Waals surface area (Å²) in [4.78, 5) is 30.4. The van der Waals surface area contributed by atoms with E-state index in [4.69, 9.17) is 5.73 Å². The second kappa shape index (κ2) is 8.95. The van der Waals surface area contributed by atoms with Crippen molar-refractivity contribution in [3.63, 3.8) is 0 Å². The lowest BCUT2D eigenvalue weighted by molar-refractivity contribution is -0.116. The minimum absolute atomic E-state index is 0.0398. The van der Waals surface area contributed by atoms with Gasteiger partial charge in [0.05, 0.1) is 4.88 Å². The van der Waals surface area contributed by atoms with Crippen LogP contribution in [-0.4, -0.2) is 29.4 Å². The van der Waals surface area contributed by atoms with Gasteiger partial charge in [-0.15, -0.1) is 11.3 Å². The van der Waals surface area contributed by atoms with Gasteiger partial charge in [-0.25, -0.2) is 9.37 Å². The van der Waals surface area contributed by atoms with E-state index in [1.165, 1.54) is 23.5 Å². The molecule has 6 nitrogen and oxygen atoms in total. The standard InChI is InChI=1S/C23H23FN4O2S/c1-13-9-20(29)28-22-21(13)17(7-8-26-22)18-5-6-19(31-18)23(30)27-16(12-25)11-14-3-2-4-15(24)10-14/h2-8,10,13,16H,9,11-12,25H2,1H3,(H,27,30)(H,26,28,29)/t13-,16?/m0/s1. The summed E-state index contributed by atoms with van der Waals surface area (Å²) in [5, 5.41) is 5.77. The minimum Gasteiger partial charge on any atom is -0.347 e. The van der Waals surface area contributed by atoms with Crippen LogP contribution in [0.4, 0.5) is 10.2 Å². The van der Waals surface area contributed by atoms with E-state index in [1.54, 1.807) is 18.3 Å². The lowest BCUT2D eigenvalue weighted by Crippen LogP contribution is -2.41. The van der Waals surface area contributed by atoms with E-state index in [2.05, 4.69) is 15.6 Å². The number of amides is 2. The molecule has 1 aliphatic heterocycles. The number of hydrogen-bond acceptors (Lipinski definition) is 5. The van der Waals surface area contributed by atoms with Crippen molar-refractivity contribution < 1.29 is 14.0 Å². The Morgan fingerprint density at radius 3 is 2.97 bits per heavy atom. The maximum atomic E-state index is 13.4. The summed E-state index contributed by atoms with van der Waals surface area (Å²) >= 11 is 1.38. The molecule has 160 valence electrons. The molecule has 0 saturated carbocycles. The zero-order chi connectivity index (χ0) is 22.0. The Bertz CT molecular complexity index is 1130. The number of nitrogens with zero attached hydrogens (tertiary/aromatic N) is 1. The second-order valence-corrected chi connectivity index (χ2v) is 8.76. The maximum Gasteiger partial charge on any atom is 0.261 e. The predicted molar refractivity (Wildman–Crippen MR) is 120 cm³/mol. The van der Waals surface area contributed by atoms with Gasteiger partial charge < -0.3 is 16.4 Å². The first kappa shape index (κ1) is 21.1. The molecule has 0 fully saturated rings. The zero-order valence-corrected chi connectivity index (χ0v) is 17.8. The Morgan fingerprint density at radius 2 is 2.19 bits per heavy atom. The first-order valence-electron chi connectivity index (χ1n) is 10.1. The average Bonchev–Trinajstić information content (AvgIpc) is 3.23. The van der Waals surface area contributed by atoms with Crippen LogP contribution in [0.5, 0.6) is 0 Å². The van der Waals surface area contributed by atoms with Crippen molar-refractivity contribution in [2.75, 3.05) is 11.9 Å². The van der Waals surface area contributed by atoms with Crippen molar-refractivity contribution >= 4 is 29.0 Å². The molecule has 8 heteroatoms. The molecule has 0 saturated heterocycles. The summed E-state index contributed by atoms with van der Waals surface area (Å²) < 4.78 is 13.4. The van der Waals surface area contributed by atoms with Gasteiger partial charge in [-0.1, -0.05) is 19.1 Å². The average molecular weight is 439 g/mol. The van der Waals surface area contributed by atoms with Gasteiger partial charge in [-0.05, 0) is 48.2 Å². The number of hydrogen-bond donors (Lipinski definition) is 3. The summed E-state index contributed by atoms with van der Waals surface area (Å²) in [6.45, 7) is 2.25. The number of halogens is 1. The first-order chi connectivity index (χ1) is 14.9. The summed E-state index contributed by atoms with van der Waals surface area (Å²) in [7, 11) is 0. The molecule has 1 aliphatic rings. The van der Waals surface area contributed by atoms with Gasteiger partial charge in [0.2, 0.25) is 5.91 Å². The highest BCUT2D eigenvalue weighted by atomic mass is 32.1. The van der Waals surface area contributed by atoms with Crippen LogP contribution >= 0.6 is 11.3 Å². The summed E-state index contributed by atoms with van der Waals surface area (Å²) in [5.74, 6) is 0.0571. The molecule has 31 heavy (non-hydrogen) atoms. The number of anilines is 1. The molecule has 2 aromatic heterocycles. The van der Waals surface area contributed by atoms with E-state index >= 15 is 0 Å². The van der Waals surface area contributed by atoms with Gasteiger partial charge in [0.25, 0.3) is 5.91 Å². The normalized spacial score (nSPS) is 16.4. The fourth-order valence-corrected chi connectivity index (χ4v) is 4.80. The molecule has 4 rings (SSSR count). The van der Waals surface area contributed by atoms with Crippen LogP contribution < -0.4 is 16.4 Å². The quantitative estimate of drug-likeness (QED) is 0.547. The molecule has 2 atom stereocenters. The number of carbonyl (C=O) groups excluding carboxylic acids is 2. The summed E-state index contributed by atoms with van der Waals surface area (Å²) in [6.07, 6.45) is 2.52. The van der Waals surface area contributed by atoms with Crippen molar-refractivity contribution in [3.05, 3.63) is 70.5 Å². The number of pyridine rings is 1. The van der Waals surface area contributed by atoms with E-state index < -0.39 is 0 Å². The van der Waals surface area contributed by atoms with Gasteiger partial charge in [-0.2, -0.15) is 0 Å². The van der Waals surface area contributed by atoms with E-state index in [9.17, 15) is 14.0 Å². The molecule has 1 unspecified atom stereocenters. The Hall–Kier alpha value is -3.10. The number of aromatic nitrogens is 1. The monoisotopic (exact) mass is 438 g/mol. The van der Waals surface area contributed by atoms with Crippen molar-refractivity contribution in [2.45, 2.75) is 31.7 Å². The van der Waals surface area contributed by atoms with Gasteiger partial charge in [0.15, 0.2) is 0 Å². The Balaban J connectivity index is 1.52. The van der Waals surface area contributed by atoms with Crippen LogP contribution in [0.3, 0.4) is 0 Å². The van der Waals surface area contributed by atoms with Crippen molar-refractivity contribution in [1.82, 2.24) is 10.3 Å². The molecule has 4 N–H and O–H groups in total. The number of fused-ring (bicyclic) bond motifs is 1. The highest BCUT2D eigenvalue weighted by Crippen LogP contribution is 2.40. The van der Waals surface area contributed by atoms with Crippen LogP contribution in [0.2, 0.25) is 0 Å². The fraction of sp³-hybridized carbons (Fsp3) is 0.261. The molecular weight excluding hydrogens is 415 g/mol. The number of nitrogens with one attached hydrogen (secondary N) is 2. The molecule has 0 bridgehead atoms. The predicted octanol–water partition coefficient (Wildman–Crippen LogP) is 3.69. The van der Waals surface area contributed by atoms with Gasteiger partial charge in [0, 0.05) is 41.2 Å².